The van der Waals surface area contributed by atoms with Crippen LogP contribution < -0.4 is 5.32 Å². The number of fused-ring (bicyclic) bond motifs is 5. The van der Waals surface area contributed by atoms with Gasteiger partial charge in [-0.25, -0.2) is 4.79 Å². The third-order valence-electron chi connectivity index (χ3n) is 11.8. The van der Waals surface area contributed by atoms with Gasteiger partial charge in [0.2, 0.25) is 0 Å². The van der Waals surface area contributed by atoms with Crippen LogP contribution in [0.15, 0.2) is 0 Å². The number of ether oxygens (including phenoxy) is 2. The number of hydrogen-bond donors (Lipinski definition) is 1. The summed E-state index contributed by atoms with van der Waals surface area (Å²) in [6.45, 7) is 16.1. The fourth-order valence-electron chi connectivity index (χ4n) is 9.94. The highest BCUT2D eigenvalue weighted by Crippen LogP contribution is 2.68. The van der Waals surface area contributed by atoms with Crippen molar-refractivity contribution in [2.24, 2.45) is 52.3 Å². The molecule has 4 fully saturated rings. The Morgan fingerprint density at radius 2 is 1.67 bits per heavy atom. The maximum Gasteiger partial charge on any atom is 0.407 e. The van der Waals surface area contributed by atoms with Crippen LogP contribution in [0.4, 0.5) is 4.79 Å². The van der Waals surface area contributed by atoms with E-state index in [1.807, 2.05) is 6.92 Å². The summed E-state index contributed by atoms with van der Waals surface area (Å²) in [5, 5.41) is 2.68. The zero-order valence-electron chi connectivity index (χ0n) is 24.5. The Kier molecular flexibility index (Phi) is 9.38. The van der Waals surface area contributed by atoms with Crippen LogP contribution in [0.1, 0.15) is 119 Å². The lowest BCUT2D eigenvalue weighted by Gasteiger charge is -2.61. The monoisotopic (exact) mass is 503 g/mol. The molecule has 0 spiro atoms. The summed E-state index contributed by atoms with van der Waals surface area (Å²) in [5.41, 5.74) is 1.09. The zero-order chi connectivity index (χ0) is 25.9. The van der Waals surface area contributed by atoms with Crippen molar-refractivity contribution in [1.29, 1.82) is 0 Å². The number of hydrogen-bond acceptors (Lipinski definition) is 3. The van der Waals surface area contributed by atoms with Gasteiger partial charge in [0.25, 0.3) is 0 Å². The molecule has 9 unspecified atom stereocenters. The van der Waals surface area contributed by atoms with E-state index >= 15 is 0 Å². The van der Waals surface area contributed by atoms with Crippen LogP contribution >= 0.6 is 0 Å². The number of carbonyl (C=O) groups is 1. The topological polar surface area (TPSA) is 47.6 Å². The molecule has 208 valence electrons. The van der Waals surface area contributed by atoms with Crippen LogP contribution in [0.25, 0.3) is 0 Å². The Balaban J connectivity index is 1.31. The van der Waals surface area contributed by atoms with Gasteiger partial charge in [-0.15, -0.1) is 0 Å². The molecule has 4 aliphatic carbocycles. The largest absolute Gasteiger partial charge is 0.447 e. The maximum atomic E-state index is 11.5. The average molecular weight is 504 g/mol. The summed E-state index contributed by atoms with van der Waals surface area (Å²) in [6.07, 6.45) is 16.7. The molecule has 1 amide bonds. The van der Waals surface area contributed by atoms with Gasteiger partial charge in [0.1, 0.15) is 6.61 Å². The molecule has 0 bridgehead atoms. The van der Waals surface area contributed by atoms with Gasteiger partial charge in [-0.2, -0.15) is 0 Å². The van der Waals surface area contributed by atoms with Gasteiger partial charge in [0.15, 0.2) is 0 Å². The van der Waals surface area contributed by atoms with Crippen molar-refractivity contribution >= 4 is 6.09 Å². The highest BCUT2D eigenvalue weighted by molar-refractivity contribution is 5.66. The molecule has 36 heavy (non-hydrogen) atoms. The lowest BCUT2D eigenvalue weighted by molar-refractivity contribution is -0.138. The Labute approximate surface area is 222 Å². The van der Waals surface area contributed by atoms with Gasteiger partial charge in [-0.1, -0.05) is 53.9 Å². The molecule has 0 heterocycles. The molecule has 0 aromatic heterocycles. The molecule has 4 heteroatoms. The minimum atomic E-state index is -0.334. The Hall–Kier alpha value is -0.770. The highest BCUT2D eigenvalue weighted by atomic mass is 16.6. The predicted molar refractivity (Wildman–Crippen MR) is 148 cm³/mol. The van der Waals surface area contributed by atoms with Crippen molar-refractivity contribution in [3.05, 3.63) is 0 Å². The first-order chi connectivity index (χ1) is 17.2. The fraction of sp³-hybridized carbons (Fsp3) is 0.969. The van der Waals surface area contributed by atoms with E-state index in [1.54, 1.807) is 0 Å². The van der Waals surface area contributed by atoms with Crippen molar-refractivity contribution in [3.8, 4) is 0 Å². The number of alkyl carbamates (subject to hydrolysis) is 1. The van der Waals surface area contributed by atoms with Gasteiger partial charge in [-0.3, -0.25) is 0 Å². The van der Waals surface area contributed by atoms with Gasteiger partial charge < -0.3 is 14.8 Å². The third-order valence-corrected chi connectivity index (χ3v) is 11.8. The van der Waals surface area contributed by atoms with Crippen molar-refractivity contribution in [3.63, 3.8) is 0 Å². The minimum absolute atomic E-state index is 0.334. The molecule has 0 aromatic rings. The fourth-order valence-corrected chi connectivity index (χ4v) is 9.94. The van der Waals surface area contributed by atoms with Crippen LogP contribution in [-0.2, 0) is 9.47 Å². The van der Waals surface area contributed by atoms with Crippen molar-refractivity contribution in [2.75, 3.05) is 19.8 Å². The van der Waals surface area contributed by atoms with Gasteiger partial charge in [0.05, 0.1) is 12.7 Å². The summed E-state index contributed by atoms with van der Waals surface area (Å²) < 4.78 is 11.4. The van der Waals surface area contributed by atoms with E-state index in [1.165, 1.54) is 77.0 Å². The van der Waals surface area contributed by atoms with E-state index in [0.717, 1.165) is 41.4 Å². The summed E-state index contributed by atoms with van der Waals surface area (Å²) in [7, 11) is 0. The third kappa shape index (κ3) is 5.79. The summed E-state index contributed by atoms with van der Waals surface area (Å²) in [4.78, 5) is 11.5. The molecule has 0 aliphatic heterocycles. The molecule has 4 rings (SSSR count). The van der Waals surface area contributed by atoms with Gasteiger partial charge in [-0.05, 0) is 117 Å². The van der Waals surface area contributed by atoms with Crippen LogP contribution in [-0.4, -0.2) is 32.0 Å². The Bertz CT molecular complexity index is 724. The summed E-state index contributed by atoms with van der Waals surface area (Å²) >= 11 is 0. The van der Waals surface area contributed by atoms with Gasteiger partial charge >= 0.3 is 6.09 Å². The van der Waals surface area contributed by atoms with E-state index in [-0.39, 0.29) is 6.09 Å². The van der Waals surface area contributed by atoms with Crippen molar-refractivity contribution in [1.82, 2.24) is 5.32 Å². The molecule has 0 saturated heterocycles. The molecular weight excluding hydrogens is 446 g/mol. The molecule has 4 nitrogen and oxygen atoms in total. The second kappa shape index (κ2) is 12.0. The standard InChI is InChI=1S/C32H57NO3/c1-7-33-30(34)36-20-19-35-25-15-17-31(5)24(21-25)11-12-26-28-14-13-27(23(4)10-8-9-22(2)3)32(28,6)18-16-29(26)31/h22-29H,7-21H2,1-6H3,(H,33,34). The van der Waals surface area contributed by atoms with Crippen molar-refractivity contribution in [2.45, 2.75) is 125 Å². The summed E-state index contributed by atoms with van der Waals surface area (Å²) in [6, 6.07) is 0. The van der Waals surface area contributed by atoms with Crippen LogP contribution in [0.3, 0.4) is 0 Å². The normalized spacial score (nSPS) is 40.8. The van der Waals surface area contributed by atoms with E-state index in [2.05, 4.69) is 39.9 Å². The van der Waals surface area contributed by atoms with E-state index in [0.29, 0.717) is 36.7 Å². The second-order valence-electron chi connectivity index (χ2n) is 14.1. The van der Waals surface area contributed by atoms with E-state index < -0.39 is 0 Å². The van der Waals surface area contributed by atoms with Gasteiger partial charge in [0, 0.05) is 6.54 Å². The maximum absolute atomic E-state index is 11.5. The quantitative estimate of drug-likeness (QED) is 0.305. The van der Waals surface area contributed by atoms with Crippen LogP contribution in [0, 0.1) is 52.3 Å². The lowest BCUT2D eigenvalue weighted by Crippen LogP contribution is -2.54. The molecule has 0 aromatic carbocycles. The average Bonchev–Trinajstić information content (AvgIpc) is 3.19. The lowest BCUT2D eigenvalue weighted by atomic mass is 9.44. The zero-order valence-corrected chi connectivity index (χ0v) is 24.5. The number of amides is 1. The first kappa shape index (κ1) is 28.2. The molecule has 9 atom stereocenters. The first-order valence-electron chi connectivity index (χ1n) is 15.7. The Morgan fingerprint density at radius 1 is 0.917 bits per heavy atom. The van der Waals surface area contributed by atoms with E-state index in [9.17, 15) is 4.79 Å². The SMILES string of the molecule is CCNC(=O)OCCOC1CCC2(C)C(CCC3C2CCC2(C)C(C(C)CCCC(C)C)CCC32)C1. The summed E-state index contributed by atoms with van der Waals surface area (Å²) in [5.74, 6) is 6.34. The Morgan fingerprint density at radius 3 is 2.42 bits per heavy atom. The smallest absolute Gasteiger partial charge is 0.407 e. The molecule has 0 radical (unpaired) electrons. The second-order valence-corrected chi connectivity index (χ2v) is 14.1. The number of nitrogens with one attached hydrogen (secondary N) is 1. The van der Waals surface area contributed by atoms with Crippen LogP contribution in [0.2, 0.25) is 0 Å². The molecule has 1 N–H and O–H groups in total. The highest BCUT2D eigenvalue weighted by Gasteiger charge is 2.60. The van der Waals surface area contributed by atoms with E-state index in [4.69, 9.17) is 9.47 Å². The molecular formula is C32H57NO3. The number of rotatable bonds is 10. The number of carbonyl (C=O) groups excluding carboxylic acids is 1. The molecule has 4 aliphatic rings. The minimum Gasteiger partial charge on any atom is -0.447 e. The predicted octanol–water partition coefficient (Wildman–Crippen LogP) is 8.24. The molecule has 4 saturated carbocycles. The van der Waals surface area contributed by atoms with Crippen molar-refractivity contribution < 1.29 is 14.3 Å². The van der Waals surface area contributed by atoms with Crippen LogP contribution in [0.5, 0.6) is 0 Å². The first-order valence-corrected chi connectivity index (χ1v) is 15.7.